The number of hydrogen-bond acceptors (Lipinski definition) is 8. The Balaban J connectivity index is 1.67. The molecule has 10 heteroatoms. The molecule has 0 radical (unpaired) electrons. The first kappa shape index (κ1) is 18.0. The van der Waals surface area contributed by atoms with Gasteiger partial charge >= 0.3 is 5.69 Å². The molecule has 140 valence electrons. The van der Waals surface area contributed by atoms with E-state index in [0.717, 1.165) is 12.3 Å². The van der Waals surface area contributed by atoms with E-state index in [1.54, 1.807) is 18.2 Å². The van der Waals surface area contributed by atoms with Crippen molar-refractivity contribution in [3.8, 4) is 23.0 Å². The summed E-state index contributed by atoms with van der Waals surface area (Å²) in [6.07, 6.45) is 1.14. The number of phenols is 1. The van der Waals surface area contributed by atoms with Crippen LogP contribution in [-0.4, -0.2) is 36.1 Å². The van der Waals surface area contributed by atoms with E-state index < -0.39 is 22.3 Å². The lowest BCUT2D eigenvalue weighted by Crippen LogP contribution is -2.19. The lowest BCUT2D eigenvalue weighted by atomic mass is 10.1. The van der Waals surface area contributed by atoms with E-state index in [2.05, 4.69) is 10.5 Å². The van der Waals surface area contributed by atoms with Crippen molar-refractivity contribution in [3.05, 3.63) is 51.6 Å². The van der Waals surface area contributed by atoms with E-state index in [-0.39, 0.29) is 24.5 Å². The number of nitro groups is 1. The van der Waals surface area contributed by atoms with Gasteiger partial charge in [0, 0.05) is 5.56 Å². The Morgan fingerprint density at radius 3 is 2.89 bits per heavy atom. The highest BCUT2D eigenvalue weighted by Crippen LogP contribution is 2.34. The number of carbonyl (C=O) groups excluding carboxylic acids is 1. The Kier molecular flexibility index (Phi) is 5.06. The topological polar surface area (TPSA) is 133 Å². The summed E-state index contributed by atoms with van der Waals surface area (Å²) in [5, 5.41) is 24.6. The van der Waals surface area contributed by atoms with Gasteiger partial charge in [-0.1, -0.05) is 6.07 Å². The molecule has 2 N–H and O–H groups in total. The number of amides is 1. The summed E-state index contributed by atoms with van der Waals surface area (Å²) in [6, 6.07) is 7.58. The van der Waals surface area contributed by atoms with E-state index in [9.17, 15) is 20.0 Å². The second-order valence-electron chi connectivity index (χ2n) is 5.50. The molecule has 27 heavy (non-hydrogen) atoms. The van der Waals surface area contributed by atoms with Gasteiger partial charge in [0.15, 0.2) is 11.5 Å². The van der Waals surface area contributed by atoms with Crippen molar-refractivity contribution >= 4 is 17.8 Å². The summed E-state index contributed by atoms with van der Waals surface area (Å²) in [6.45, 7) is 0.144. The van der Waals surface area contributed by atoms with Crippen LogP contribution in [0.1, 0.15) is 11.1 Å². The van der Waals surface area contributed by atoms with Crippen LogP contribution >= 0.6 is 0 Å². The normalized spacial score (nSPS) is 12.2. The number of fused-ring (bicyclic) bond motifs is 1. The molecular formula is C17H15N3O7. The number of nitrogens with one attached hydrogen (secondary N) is 1. The molecule has 3 rings (SSSR count). The number of hydrogen-bond donors (Lipinski definition) is 2. The lowest BCUT2D eigenvalue weighted by molar-refractivity contribution is -0.385. The zero-order chi connectivity index (χ0) is 19.4. The van der Waals surface area contributed by atoms with Crippen LogP contribution in [0, 0.1) is 10.1 Å². The van der Waals surface area contributed by atoms with Crippen LogP contribution in [0.15, 0.2) is 35.4 Å². The number of hydrazone groups is 1. The number of carbonyl (C=O) groups is 1. The van der Waals surface area contributed by atoms with Crippen molar-refractivity contribution in [2.24, 2.45) is 5.10 Å². The van der Waals surface area contributed by atoms with E-state index in [1.165, 1.54) is 13.2 Å². The molecule has 1 aliphatic rings. The van der Waals surface area contributed by atoms with Crippen molar-refractivity contribution in [1.29, 1.82) is 0 Å². The van der Waals surface area contributed by atoms with Gasteiger partial charge in [0.2, 0.25) is 18.4 Å². The van der Waals surface area contributed by atoms with Gasteiger partial charge in [0.05, 0.1) is 30.7 Å². The second-order valence-corrected chi connectivity index (χ2v) is 5.50. The van der Waals surface area contributed by atoms with Crippen LogP contribution in [0.3, 0.4) is 0 Å². The minimum atomic E-state index is -0.743. The molecule has 1 heterocycles. The lowest BCUT2D eigenvalue weighted by Gasteiger charge is -2.05. The summed E-state index contributed by atoms with van der Waals surface area (Å²) < 4.78 is 15.4. The first-order chi connectivity index (χ1) is 13.0. The summed E-state index contributed by atoms with van der Waals surface area (Å²) in [7, 11) is 1.34. The molecule has 0 fully saturated rings. The van der Waals surface area contributed by atoms with Crippen molar-refractivity contribution in [3.63, 3.8) is 0 Å². The van der Waals surface area contributed by atoms with Gasteiger partial charge in [-0.25, -0.2) is 5.43 Å². The highest BCUT2D eigenvalue weighted by atomic mass is 16.7. The van der Waals surface area contributed by atoms with Gasteiger partial charge in [-0.05, 0) is 23.8 Å². The van der Waals surface area contributed by atoms with Crippen molar-refractivity contribution in [2.75, 3.05) is 13.9 Å². The van der Waals surface area contributed by atoms with Crippen molar-refractivity contribution < 1.29 is 29.0 Å². The average molecular weight is 373 g/mol. The fourth-order valence-electron chi connectivity index (χ4n) is 2.42. The van der Waals surface area contributed by atoms with Gasteiger partial charge in [0.1, 0.15) is 5.75 Å². The van der Waals surface area contributed by atoms with Crippen LogP contribution in [-0.2, 0) is 11.2 Å². The van der Waals surface area contributed by atoms with Gasteiger partial charge < -0.3 is 19.3 Å². The molecule has 1 amide bonds. The highest BCUT2D eigenvalue weighted by molar-refractivity contribution is 5.88. The maximum absolute atomic E-state index is 12.0. The first-order valence-corrected chi connectivity index (χ1v) is 7.73. The minimum absolute atomic E-state index is 0.0319. The molecule has 1 aliphatic heterocycles. The molecule has 0 bridgehead atoms. The number of methoxy groups -OCH3 is 1. The number of benzene rings is 2. The Labute approximate surface area is 153 Å². The van der Waals surface area contributed by atoms with Crippen molar-refractivity contribution in [1.82, 2.24) is 5.43 Å². The maximum Gasteiger partial charge on any atom is 0.315 e. The van der Waals surface area contributed by atoms with Crippen LogP contribution in [0.2, 0.25) is 0 Å². The zero-order valence-electron chi connectivity index (χ0n) is 14.2. The molecule has 0 spiro atoms. The Morgan fingerprint density at radius 2 is 2.15 bits per heavy atom. The molecule has 0 aliphatic carbocycles. The summed E-state index contributed by atoms with van der Waals surface area (Å²) in [4.78, 5) is 22.2. The number of nitro benzene ring substituents is 1. The van der Waals surface area contributed by atoms with Crippen LogP contribution in [0.25, 0.3) is 0 Å². The minimum Gasteiger partial charge on any atom is -0.502 e. The molecule has 0 atom stereocenters. The number of rotatable bonds is 6. The molecule has 0 aromatic heterocycles. The molecule has 2 aromatic rings. The Bertz CT molecular complexity index is 927. The van der Waals surface area contributed by atoms with Gasteiger partial charge in [-0.2, -0.15) is 5.10 Å². The SMILES string of the molecule is COc1cc(/C=N\NC(=O)Cc2ccc3c(c2)OCO3)c(O)c([N+](=O)[O-])c1. The molecular weight excluding hydrogens is 358 g/mol. The number of ether oxygens (including phenoxy) is 3. The summed E-state index contributed by atoms with van der Waals surface area (Å²) in [5.41, 5.74) is 2.50. The van der Waals surface area contributed by atoms with E-state index in [0.29, 0.717) is 17.1 Å². The predicted molar refractivity (Wildman–Crippen MR) is 93.3 cm³/mol. The third-order valence-corrected chi connectivity index (χ3v) is 3.72. The van der Waals surface area contributed by atoms with Gasteiger partial charge in [-0.3, -0.25) is 14.9 Å². The number of aromatic hydroxyl groups is 1. The highest BCUT2D eigenvalue weighted by Gasteiger charge is 2.19. The average Bonchev–Trinajstić information content (AvgIpc) is 3.10. The van der Waals surface area contributed by atoms with E-state index in [1.807, 2.05) is 0 Å². The third-order valence-electron chi connectivity index (χ3n) is 3.72. The van der Waals surface area contributed by atoms with Crippen LogP contribution in [0.5, 0.6) is 23.0 Å². The van der Waals surface area contributed by atoms with E-state index >= 15 is 0 Å². The smallest absolute Gasteiger partial charge is 0.315 e. The number of phenolic OH excluding ortho intramolecular Hbond substituents is 1. The van der Waals surface area contributed by atoms with Gasteiger partial charge in [-0.15, -0.1) is 0 Å². The Hall–Kier alpha value is -3.82. The quantitative estimate of drug-likeness (QED) is 0.447. The Morgan fingerprint density at radius 1 is 1.37 bits per heavy atom. The van der Waals surface area contributed by atoms with Crippen LogP contribution < -0.4 is 19.6 Å². The molecule has 10 nitrogen and oxygen atoms in total. The predicted octanol–water partition coefficient (Wildman–Crippen LogP) is 1.73. The number of nitrogens with zero attached hydrogens (tertiary/aromatic N) is 2. The first-order valence-electron chi connectivity index (χ1n) is 7.73. The van der Waals surface area contributed by atoms with Gasteiger partial charge in [0.25, 0.3) is 0 Å². The fraction of sp³-hybridized carbons (Fsp3) is 0.176. The molecule has 0 saturated carbocycles. The van der Waals surface area contributed by atoms with Crippen molar-refractivity contribution in [2.45, 2.75) is 6.42 Å². The molecule has 0 saturated heterocycles. The largest absolute Gasteiger partial charge is 0.502 e. The molecule has 0 unspecified atom stereocenters. The molecule has 2 aromatic carbocycles. The fourth-order valence-corrected chi connectivity index (χ4v) is 2.42. The van der Waals surface area contributed by atoms with E-state index in [4.69, 9.17) is 14.2 Å². The van der Waals surface area contributed by atoms with Crippen LogP contribution in [0.4, 0.5) is 5.69 Å². The summed E-state index contributed by atoms with van der Waals surface area (Å²) in [5.74, 6) is 0.369. The zero-order valence-corrected chi connectivity index (χ0v) is 14.2. The second kappa shape index (κ2) is 7.60. The summed E-state index contributed by atoms with van der Waals surface area (Å²) >= 11 is 0. The third kappa shape index (κ3) is 4.06. The monoisotopic (exact) mass is 373 g/mol. The standard InChI is InChI=1S/C17H15N3O7/c1-25-12-6-11(17(22)13(7-12)20(23)24)8-18-19-16(21)5-10-2-3-14-15(4-10)27-9-26-14/h2-4,6-8,22H,5,9H2,1H3,(H,19,21)/b18-8-. The maximum atomic E-state index is 12.0.